The van der Waals surface area contributed by atoms with Gasteiger partial charge in [0.05, 0.1) is 31.3 Å². The van der Waals surface area contributed by atoms with Crippen molar-refractivity contribution in [2.24, 2.45) is 0 Å². The maximum absolute atomic E-state index is 12.4. The number of benzene rings is 1. The summed E-state index contributed by atoms with van der Waals surface area (Å²) in [5, 5.41) is 16.6. The van der Waals surface area contributed by atoms with E-state index in [1.54, 1.807) is 19.9 Å². The van der Waals surface area contributed by atoms with E-state index < -0.39 is 22.8 Å². The molecule has 2 N–H and O–H groups in total. The van der Waals surface area contributed by atoms with Crippen LogP contribution in [0.25, 0.3) is 0 Å². The van der Waals surface area contributed by atoms with Crippen molar-refractivity contribution >= 4 is 45.6 Å². The van der Waals surface area contributed by atoms with Gasteiger partial charge in [-0.3, -0.25) is 14.9 Å². The lowest BCUT2D eigenvalue weighted by Crippen LogP contribution is -2.22. The van der Waals surface area contributed by atoms with E-state index in [4.69, 9.17) is 9.47 Å². The first kappa shape index (κ1) is 21.8. The van der Waals surface area contributed by atoms with Gasteiger partial charge in [0.15, 0.2) is 0 Å². The van der Waals surface area contributed by atoms with Crippen LogP contribution in [-0.2, 0) is 14.3 Å². The summed E-state index contributed by atoms with van der Waals surface area (Å²) in [6.07, 6.45) is 0. The van der Waals surface area contributed by atoms with E-state index in [0.29, 0.717) is 16.8 Å². The van der Waals surface area contributed by atoms with Crippen LogP contribution in [0.5, 0.6) is 0 Å². The van der Waals surface area contributed by atoms with Crippen LogP contribution in [-0.4, -0.2) is 43.5 Å². The van der Waals surface area contributed by atoms with Crippen molar-refractivity contribution in [3.8, 4) is 0 Å². The van der Waals surface area contributed by atoms with Crippen molar-refractivity contribution in [1.82, 2.24) is 0 Å². The molecular weight excluding hydrogens is 402 g/mol. The van der Waals surface area contributed by atoms with E-state index in [9.17, 15) is 24.5 Å². The minimum Gasteiger partial charge on any atom is -0.465 e. The lowest BCUT2D eigenvalue weighted by atomic mass is 10.1. The highest BCUT2D eigenvalue weighted by molar-refractivity contribution is 7.18. The van der Waals surface area contributed by atoms with Crippen molar-refractivity contribution in [2.75, 3.05) is 31.4 Å². The number of carbonyl (C=O) groups is 3. The maximum atomic E-state index is 12.4. The largest absolute Gasteiger partial charge is 0.465 e. The highest BCUT2D eigenvalue weighted by Crippen LogP contribution is 2.34. The zero-order valence-electron chi connectivity index (χ0n) is 16.2. The molecule has 0 fully saturated rings. The fraction of sp³-hybridized carbons (Fsp3) is 0.278. The number of methoxy groups -OCH3 is 2. The number of nitro groups is 1. The molecule has 0 bridgehead atoms. The van der Waals surface area contributed by atoms with Crippen molar-refractivity contribution in [3.05, 3.63) is 49.9 Å². The Balaban J connectivity index is 2.21. The normalized spacial score (nSPS) is 10.2. The Morgan fingerprint density at radius 3 is 2.34 bits per heavy atom. The smallest absolute Gasteiger partial charge is 0.348 e. The van der Waals surface area contributed by atoms with Crippen LogP contribution in [0.15, 0.2) is 18.2 Å². The van der Waals surface area contributed by atoms with Gasteiger partial charge >= 0.3 is 11.9 Å². The first-order valence-corrected chi connectivity index (χ1v) is 9.10. The Kier molecular flexibility index (Phi) is 6.89. The number of rotatable bonds is 7. The number of carbonyl (C=O) groups excluding carboxylic acids is 3. The van der Waals surface area contributed by atoms with Crippen LogP contribution < -0.4 is 10.6 Å². The van der Waals surface area contributed by atoms with E-state index in [0.717, 1.165) is 11.3 Å². The van der Waals surface area contributed by atoms with E-state index in [1.165, 1.54) is 26.4 Å². The van der Waals surface area contributed by atoms with Crippen LogP contribution in [0.3, 0.4) is 0 Å². The average molecular weight is 421 g/mol. The number of hydrogen-bond donors (Lipinski definition) is 2. The Hall–Kier alpha value is -3.47. The standard InChI is InChI=1S/C18H19N3O7S/c1-9-11(6-5-7-12(9)21(25)26)19-8-13(22)20-16-14(17(23)27-3)10(2)15(29-16)18(24)28-4/h5-7,19H,8H2,1-4H3,(H,20,22). The van der Waals surface area contributed by atoms with Crippen molar-refractivity contribution in [2.45, 2.75) is 13.8 Å². The van der Waals surface area contributed by atoms with Crippen molar-refractivity contribution < 1.29 is 28.8 Å². The van der Waals surface area contributed by atoms with Crippen LogP contribution in [0.4, 0.5) is 16.4 Å². The number of esters is 2. The third kappa shape index (κ3) is 4.69. The van der Waals surface area contributed by atoms with Gasteiger partial charge in [-0.15, -0.1) is 11.3 Å². The molecule has 10 nitrogen and oxygen atoms in total. The van der Waals surface area contributed by atoms with E-state index in [2.05, 4.69) is 10.6 Å². The van der Waals surface area contributed by atoms with E-state index >= 15 is 0 Å². The Bertz CT molecular complexity index is 984. The van der Waals surface area contributed by atoms with Gasteiger partial charge < -0.3 is 20.1 Å². The molecular formula is C18H19N3O7S. The second-order valence-electron chi connectivity index (χ2n) is 5.85. The number of nitrogens with zero attached hydrogens (tertiary/aromatic N) is 1. The third-order valence-electron chi connectivity index (χ3n) is 4.10. The highest BCUT2D eigenvalue weighted by Gasteiger charge is 2.26. The SMILES string of the molecule is COC(=O)c1sc(NC(=O)CNc2cccc([N+](=O)[O-])c2C)c(C(=O)OC)c1C. The first-order chi connectivity index (χ1) is 13.7. The number of anilines is 2. The van der Waals surface area contributed by atoms with Gasteiger partial charge in [-0.25, -0.2) is 9.59 Å². The summed E-state index contributed by atoms with van der Waals surface area (Å²) < 4.78 is 9.42. The van der Waals surface area contributed by atoms with Gasteiger partial charge in [0, 0.05) is 17.3 Å². The lowest BCUT2D eigenvalue weighted by molar-refractivity contribution is -0.385. The fourth-order valence-electron chi connectivity index (χ4n) is 2.60. The summed E-state index contributed by atoms with van der Waals surface area (Å²) in [7, 11) is 2.40. The summed E-state index contributed by atoms with van der Waals surface area (Å²) in [5.41, 5.74) is 1.16. The molecule has 1 amide bonds. The summed E-state index contributed by atoms with van der Waals surface area (Å²) in [4.78, 5) is 47.0. The number of nitro benzene ring substituents is 1. The fourth-order valence-corrected chi connectivity index (χ4v) is 3.73. The number of nitrogens with one attached hydrogen (secondary N) is 2. The minimum absolute atomic E-state index is 0.0674. The quantitative estimate of drug-likeness (QED) is 0.395. The van der Waals surface area contributed by atoms with Gasteiger partial charge in [0.1, 0.15) is 9.88 Å². The van der Waals surface area contributed by atoms with Crippen LogP contribution in [0.2, 0.25) is 0 Å². The molecule has 0 spiro atoms. The first-order valence-electron chi connectivity index (χ1n) is 8.29. The van der Waals surface area contributed by atoms with Gasteiger partial charge in [-0.05, 0) is 25.5 Å². The average Bonchev–Trinajstić information content (AvgIpc) is 3.01. The van der Waals surface area contributed by atoms with Gasteiger partial charge in [-0.1, -0.05) is 6.07 Å². The van der Waals surface area contributed by atoms with E-state index in [1.807, 2.05) is 0 Å². The van der Waals surface area contributed by atoms with Gasteiger partial charge in [-0.2, -0.15) is 0 Å². The lowest BCUT2D eigenvalue weighted by Gasteiger charge is -2.10. The molecule has 0 atom stereocenters. The van der Waals surface area contributed by atoms with Crippen LogP contribution >= 0.6 is 11.3 Å². The molecule has 0 radical (unpaired) electrons. The molecule has 1 heterocycles. The molecule has 2 aromatic rings. The zero-order valence-corrected chi connectivity index (χ0v) is 17.0. The topological polar surface area (TPSA) is 137 Å². The number of hydrogen-bond acceptors (Lipinski definition) is 9. The maximum Gasteiger partial charge on any atom is 0.348 e. The number of ether oxygens (including phenoxy) is 2. The summed E-state index contributed by atoms with van der Waals surface area (Å²) in [6.45, 7) is 2.90. The minimum atomic E-state index is -0.702. The van der Waals surface area contributed by atoms with E-state index in [-0.39, 0.29) is 27.7 Å². The molecule has 29 heavy (non-hydrogen) atoms. The Morgan fingerprint density at radius 1 is 1.10 bits per heavy atom. The van der Waals surface area contributed by atoms with Crippen LogP contribution in [0.1, 0.15) is 31.2 Å². The monoisotopic (exact) mass is 421 g/mol. The molecule has 11 heteroatoms. The predicted octanol–water partition coefficient (Wildman–Crippen LogP) is 2.90. The number of amides is 1. The van der Waals surface area contributed by atoms with Crippen molar-refractivity contribution in [1.29, 1.82) is 0 Å². The molecule has 0 aliphatic carbocycles. The van der Waals surface area contributed by atoms with Gasteiger partial charge in [0.2, 0.25) is 5.91 Å². The third-order valence-corrected chi connectivity index (χ3v) is 5.29. The molecule has 0 unspecified atom stereocenters. The molecule has 1 aromatic heterocycles. The second kappa shape index (κ2) is 9.15. The summed E-state index contributed by atoms with van der Waals surface area (Å²) in [6, 6.07) is 4.48. The Labute approximate surface area is 170 Å². The van der Waals surface area contributed by atoms with Crippen molar-refractivity contribution in [3.63, 3.8) is 0 Å². The molecule has 0 aliphatic heterocycles. The number of thiophene rings is 1. The molecule has 154 valence electrons. The second-order valence-corrected chi connectivity index (χ2v) is 6.87. The Morgan fingerprint density at radius 2 is 1.76 bits per heavy atom. The summed E-state index contributed by atoms with van der Waals surface area (Å²) >= 11 is 0.898. The zero-order chi connectivity index (χ0) is 21.7. The van der Waals surface area contributed by atoms with Gasteiger partial charge in [0.25, 0.3) is 5.69 Å². The predicted molar refractivity (Wildman–Crippen MR) is 107 cm³/mol. The molecule has 0 saturated heterocycles. The highest BCUT2D eigenvalue weighted by atomic mass is 32.1. The molecule has 0 aliphatic rings. The molecule has 1 aromatic carbocycles. The van der Waals surface area contributed by atoms with Crippen LogP contribution in [0, 0.1) is 24.0 Å². The molecule has 0 saturated carbocycles. The molecule has 2 rings (SSSR count). The summed E-state index contributed by atoms with van der Waals surface area (Å²) in [5.74, 6) is -1.85.